The van der Waals surface area contributed by atoms with Crippen molar-refractivity contribution in [3.8, 4) is 0 Å². The maximum absolute atomic E-state index is 4.46. The third kappa shape index (κ3) is 3.62. The first-order valence-electron chi connectivity index (χ1n) is 9.58. The van der Waals surface area contributed by atoms with Gasteiger partial charge < -0.3 is 9.88 Å². The van der Waals surface area contributed by atoms with Crippen LogP contribution in [0.4, 0.5) is 0 Å². The first-order chi connectivity index (χ1) is 11.4. The molecule has 3 heterocycles. The lowest BCUT2D eigenvalue weighted by molar-refractivity contribution is 0.0960. The molecule has 0 spiro atoms. The van der Waals surface area contributed by atoms with Crippen LogP contribution in [-0.4, -0.2) is 64.7 Å². The Hall–Kier alpha value is -0.910. The fraction of sp³-hybridized carbons (Fsp3) is 0.833. The van der Waals surface area contributed by atoms with Gasteiger partial charge in [-0.2, -0.15) is 0 Å². The molecule has 3 aliphatic rings. The molecule has 2 aliphatic heterocycles. The molecule has 128 valence electrons. The molecule has 5 heteroatoms. The minimum Gasteiger partial charge on any atom is -0.330 e. The average Bonchev–Trinajstić information content (AvgIpc) is 3.28. The van der Waals surface area contributed by atoms with E-state index in [9.17, 15) is 0 Å². The Morgan fingerprint density at radius 2 is 1.83 bits per heavy atom. The summed E-state index contributed by atoms with van der Waals surface area (Å²) in [7, 11) is 0. The zero-order valence-electron chi connectivity index (χ0n) is 14.3. The number of aromatic nitrogens is 2. The third-order valence-corrected chi connectivity index (χ3v) is 6.06. The van der Waals surface area contributed by atoms with Crippen LogP contribution in [0.3, 0.4) is 0 Å². The zero-order valence-corrected chi connectivity index (χ0v) is 14.3. The normalized spacial score (nSPS) is 28.4. The largest absolute Gasteiger partial charge is 0.330 e. The summed E-state index contributed by atoms with van der Waals surface area (Å²) in [4.78, 5) is 9.77. The number of hydrogen-bond donors (Lipinski definition) is 1. The maximum Gasteiger partial charge on any atom is 0.0951 e. The van der Waals surface area contributed by atoms with Crippen molar-refractivity contribution in [3.05, 3.63) is 18.2 Å². The molecule has 0 amide bonds. The predicted molar refractivity (Wildman–Crippen MR) is 92.5 cm³/mol. The van der Waals surface area contributed by atoms with Crippen molar-refractivity contribution in [1.82, 2.24) is 24.7 Å². The van der Waals surface area contributed by atoms with E-state index in [2.05, 4.69) is 37.2 Å². The number of nitrogens with one attached hydrogen (secondary N) is 1. The first kappa shape index (κ1) is 15.6. The van der Waals surface area contributed by atoms with Crippen LogP contribution in [0, 0.1) is 0 Å². The molecule has 2 saturated heterocycles. The minimum absolute atomic E-state index is 0.701. The molecule has 0 bridgehead atoms. The van der Waals surface area contributed by atoms with Crippen LogP contribution in [0.15, 0.2) is 12.5 Å². The van der Waals surface area contributed by atoms with Crippen molar-refractivity contribution in [2.45, 2.75) is 57.2 Å². The highest BCUT2D eigenvalue weighted by Crippen LogP contribution is 2.29. The topological polar surface area (TPSA) is 36.3 Å². The molecule has 0 aromatic carbocycles. The summed E-state index contributed by atoms with van der Waals surface area (Å²) < 4.78 is 2.48. The molecule has 0 radical (unpaired) electrons. The Balaban J connectivity index is 1.32. The van der Waals surface area contributed by atoms with Crippen LogP contribution in [0.1, 0.15) is 50.3 Å². The molecular weight excluding hydrogens is 286 g/mol. The van der Waals surface area contributed by atoms with Gasteiger partial charge in [-0.15, -0.1) is 0 Å². The van der Waals surface area contributed by atoms with Gasteiger partial charge in [-0.3, -0.25) is 9.80 Å². The van der Waals surface area contributed by atoms with Crippen LogP contribution in [0.5, 0.6) is 0 Å². The van der Waals surface area contributed by atoms with E-state index in [4.69, 9.17) is 0 Å². The molecule has 4 rings (SSSR count). The second kappa shape index (κ2) is 7.32. The highest BCUT2D eigenvalue weighted by atomic mass is 15.3. The second-order valence-electron chi connectivity index (χ2n) is 7.54. The lowest BCUT2D eigenvalue weighted by atomic mass is 9.95. The van der Waals surface area contributed by atoms with E-state index < -0.39 is 0 Å². The van der Waals surface area contributed by atoms with E-state index in [0.717, 1.165) is 12.6 Å². The monoisotopic (exact) mass is 317 g/mol. The van der Waals surface area contributed by atoms with Crippen molar-refractivity contribution in [3.63, 3.8) is 0 Å². The Bertz CT molecular complexity index is 479. The predicted octanol–water partition coefficient (Wildman–Crippen LogP) is 1.87. The summed E-state index contributed by atoms with van der Waals surface area (Å²) in [5.74, 6) is 0. The molecule has 1 aromatic heterocycles. The van der Waals surface area contributed by atoms with Crippen LogP contribution in [0.2, 0.25) is 0 Å². The number of hydrogen-bond acceptors (Lipinski definition) is 4. The molecule has 3 fully saturated rings. The van der Waals surface area contributed by atoms with E-state index in [-0.39, 0.29) is 0 Å². The molecule has 1 N–H and O–H groups in total. The van der Waals surface area contributed by atoms with Crippen LogP contribution in [0.25, 0.3) is 0 Å². The van der Waals surface area contributed by atoms with Crippen molar-refractivity contribution >= 4 is 0 Å². The second-order valence-corrected chi connectivity index (χ2v) is 7.54. The Morgan fingerprint density at radius 1 is 1.00 bits per heavy atom. The van der Waals surface area contributed by atoms with Gasteiger partial charge >= 0.3 is 0 Å². The molecular formula is C18H31N5. The SMILES string of the molecule is c1ncn(C2CCCCC2)c1CN1CCN([C@@H]2CCNC2)CC1. The van der Waals surface area contributed by atoms with E-state index in [0.29, 0.717) is 6.04 Å². The van der Waals surface area contributed by atoms with Gasteiger partial charge in [0, 0.05) is 57.5 Å². The Morgan fingerprint density at radius 3 is 2.57 bits per heavy atom. The van der Waals surface area contributed by atoms with Crippen molar-refractivity contribution in [2.24, 2.45) is 0 Å². The van der Waals surface area contributed by atoms with Gasteiger partial charge in [-0.1, -0.05) is 19.3 Å². The molecule has 0 unspecified atom stereocenters. The summed E-state index contributed by atoms with van der Waals surface area (Å²) in [6.07, 6.45) is 12.4. The third-order valence-electron chi connectivity index (χ3n) is 6.06. The van der Waals surface area contributed by atoms with Crippen LogP contribution in [-0.2, 0) is 6.54 Å². The number of piperazine rings is 1. The number of imidazole rings is 1. The number of rotatable bonds is 4. The molecule has 1 saturated carbocycles. The Labute approximate surface area is 140 Å². The fourth-order valence-corrected chi connectivity index (χ4v) is 4.61. The van der Waals surface area contributed by atoms with Crippen LogP contribution >= 0.6 is 0 Å². The summed E-state index contributed by atoms with van der Waals surface area (Å²) in [5, 5.41) is 3.49. The van der Waals surface area contributed by atoms with Crippen LogP contribution < -0.4 is 5.32 Å². The first-order valence-corrected chi connectivity index (χ1v) is 9.58. The quantitative estimate of drug-likeness (QED) is 0.920. The summed E-state index contributed by atoms with van der Waals surface area (Å²) in [6, 6.07) is 1.48. The van der Waals surface area contributed by atoms with Gasteiger partial charge in [-0.05, 0) is 25.8 Å². The Kier molecular flexibility index (Phi) is 4.97. The number of nitrogens with zero attached hydrogens (tertiary/aromatic N) is 4. The van der Waals surface area contributed by atoms with Gasteiger partial charge in [0.1, 0.15) is 0 Å². The lowest BCUT2D eigenvalue weighted by Gasteiger charge is -2.38. The van der Waals surface area contributed by atoms with Gasteiger partial charge in [0.15, 0.2) is 0 Å². The maximum atomic E-state index is 4.46. The molecule has 23 heavy (non-hydrogen) atoms. The van der Waals surface area contributed by atoms with E-state index in [1.165, 1.54) is 83.5 Å². The van der Waals surface area contributed by atoms with E-state index in [1.54, 1.807) is 0 Å². The van der Waals surface area contributed by atoms with Crippen molar-refractivity contribution in [2.75, 3.05) is 39.3 Å². The minimum atomic E-state index is 0.701. The summed E-state index contributed by atoms with van der Waals surface area (Å²) in [5.41, 5.74) is 1.42. The summed E-state index contributed by atoms with van der Waals surface area (Å²) >= 11 is 0. The molecule has 1 aromatic rings. The molecule has 1 atom stereocenters. The highest BCUT2D eigenvalue weighted by molar-refractivity contribution is 5.01. The van der Waals surface area contributed by atoms with Gasteiger partial charge in [-0.25, -0.2) is 4.98 Å². The van der Waals surface area contributed by atoms with E-state index >= 15 is 0 Å². The highest BCUT2D eigenvalue weighted by Gasteiger charge is 2.26. The lowest BCUT2D eigenvalue weighted by Crippen LogP contribution is -2.50. The van der Waals surface area contributed by atoms with Gasteiger partial charge in [0.2, 0.25) is 0 Å². The average molecular weight is 317 g/mol. The van der Waals surface area contributed by atoms with Crippen molar-refractivity contribution < 1.29 is 0 Å². The van der Waals surface area contributed by atoms with Crippen molar-refractivity contribution in [1.29, 1.82) is 0 Å². The van der Waals surface area contributed by atoms with Gasteiger partial charge in [0.25, 0.3) is 0 Å². The molecule has 5 nitrogen and oxygen atoms in total. The molecule has 1 aliphatic carbocycles. The standard InChI is InChI=1S/C18H31N5/c1-2-4-16(5-3-1)23-15-20-13-18(23)14-21-8-10-22(11-9-21)17-6-7-19-12-17/h13,15-17,19H,1-12,14H2/t17-/m1/s1. The summed E-state index contributed by atoms with van der Waals surface area (Å²) in [6.45, 7) is 8.32. The smallest absolute Gasteiger partial charge is 0.0951 e. The van der Waals surface area contributed by atoms with E-state index in [1.807, 2.05) is 0 Å². The zero-order chi connectivity index (χ0) is 15.5. The fourth-order valence-electron chi connectivity index (χ4n) is 4.61. The van der Waals surface area contributed by atoms with Gasteiger partial charge in [0.05, 0.1) is 12.0 Å².